The Morgan fingerprint density at radius 2 is 1.84 bits per heavy atom. The molecule has 0 N–H and O–H groups in total. The fourth-order valence-electron chi connectivity index (χ4n) is 2.76. The smallest absolute Gasteiger partial charge is 0.308 e. The summed E-state index contributed by atoms with van der Waals surface area (Å²) < 4.78 is 5.14. The van der Waals surface area contributed by atoms with Crippen molar-refractivity contribution in [2.45, 2.75) is 46.0 Å². The van der Waals surface area contributed by atoms with E-state index in [1.807, 2.05) is 30.3 Å². The molecule has 4 nitrogen and oxygen atoms in total. The Morgan fingerprint density at radius 3 is 2.64 bits per heavy atom. The first-order chi connectivity index (χ1) is 12.2. The van der Waals surface area contributed by atoms with E-state index >= 15 is 0 Å². The standard InChI is InChI=1S/C20H22N2O2S/c1-3-4-5-6-7-19-21-22-20(25-19)17-9-8-16-13-18(24-14(2)23)11-10-15(16)12-17/h8-13H,3-7H2,1-2H3. The monoisotopic (exact) mass is 354 g/mol. The molecule has 0 bridgehead atoms. The summed E-state index contributed by atoms with van der Waals surface area (Å²) in [6.07, 6.45) is 5.98. The highest BCUT2D eigenvalue weighted by Gasteiger charge is 2.08. The molecule has 3 rings (SSSR count). The number of carbonyl (C=O) groups is 1. The van der Waals surface area contributed by atoms with Gasteiger partial charge in [0, 0.05) is 18.9 Å². The number of aryl methyl sites for hydroxylation is 1. The van der Waals surface area contributed by atoms with Crippen molar-refractivity contribution >= 4 is 28.1 Å². The van der Waals surface area contributed by atoms with Gasteiger partial charge in [-0.1, -0.05) is 55.7 Å². The molecule has 0 saturated heterocycles. The summed E-state index contributed by atoms with van der Waals surface area (Å²) in [4.78, 5) is 11.1. The van der Waals surface area contributed by atoms with Gasteiger partial charge < -0.3 is 4.74 Å². The summed E-state index contributed by atoms with van der Waals surface area (Å²) in [6, 6.07) is 11.8. The lowest BCUT2D eigenvalue weighted by molar-refractivity contribution is -0.131. The number of ether oxygens (including phenoxy) is 1. The largest absolute Gasteiger partial charge is 0.427 e. The van der Waals surface area contributed by atoms with Crippen LogP contribution in [0, 0.1) is 0 Å². The molecule has 0 spiro atoms. The minimum atomic E-state index is -0.309. The number of rotatable bonds is 7. The third kappa shape index (κ3) is 4.63. The highest BCUT2D eigenvalue weighted by Crippen LogP contribution is 2.29. The molecular formula is C20H22N2O2S. The van der Waals surface area contributed by atoms with E-state index < -0.39 is 0 Å². The molecule has 0 unspecified atom stereocenters. The second-order valence-electron chi connectivity index (χ2n) is 6.13. The molecule has 0 amide bonds. The van der Waals surface area contributed by atoms with Crippen LogP contribution in [-0.2, 0) is 11.2 Å². The van der Waals surface area contributed by atoms with Gasteiger partial charge in [0.2, 0.25) is 0 Å². The van der Waals surface area contributed by atoms with Gasteiger partial charge in [0.1, 0.15) is 15.8 Å². The average Bonchev–Trinajstić information content (AvgIpc) is 3.07. The molecule has 0 radical (unpaired) electrons. The molecular weight excluding hydrogens is 332 g/mol. The Balaban J connectivity index is 1.75. The fourth-order valence-corrected chi connectivity index (χ4v) is 3.64. The van der Waals surface area contributed by atoms with Crippen LogP contribution < -0.4 is 4.74 Å². The summed E-state index contributed by atoms with van der Waals surface area (Å²) in [6.45, 7) is 3.63. The Hall–Kier alpha value is -2.27. The van der Waals surface area contributed by atoms with Gasteiger partial charge in [0.15, 0.2) is 0 Å². The second-order valence-corrected chi connectivity index (χ2v) is 7.19. The average molecular weight is 354 g/mol. The summed E-state index contributed by atoms with van der Waals surface area (Å²) in [5.74, 6) is 0.259. The van der Waals surface area contributed by atoms with Gasteiger partial charge >= 0.3 is 5.97 Å². The molecule has 0 aliphatic heterocycles. The van der Waals surface area contributed by atoms with Crippen LogP contribution in [-0.4, -0.2) is 16.2 Å². The second kappa shape index (κ2) is 8.21. The zero-order chi connectivity index (χ0) is 17.6. The molecule has 0 fully saturated rings. The maximum atomic E-state index is 11.1. The van der Waals surface area contributed by atoms with E-state index in [-0.39, 0.29) is 5.97 Å². The van der Waals surface area contributed by atoms with E-state index in [9.17, 15) is 4.79 Å². The zero-order valence-electron chi connectivity index (χ0n) is 14.6. The fraction of sp³-hybridized carbons (Fsp3) is 0.350. The van der Waals surface area contributed by atoms with Crippen LogP contribution in [0.15, 0.2) is 36.4 Å². The highest BCUT2D eigenvalue weighted by atomic mass is 32.1. The quantitative estimate of drug-likeness (QED) is 0.323. The molecule has 2 aromatic carbocycles. The molecule has 130 valence electrons. The van der Waals surface area contributed by atoms with E-state index in [0.717, 1.165) is 32.8 Å². The highest BCUT2D eigenvalue weighted by molar-refractivity contribution is 7.14. The van der Waals surface area contributed by atoms with Gasteiger partial charge in [0.05, 0.1) is 0 Å². The summed E-state index contributed by atoms with van der Waals surface area (Å²) in [7, 11) is 0. The van der Waals surface area contributed by atoms with Crippen LogP contribution in [0.4, 0.5) is 0 Å². The number of hydrogen-bond acceptors (Lipinski definition) is 5. The van der Waals surface area contributed by atoms with E-state index in [0.29, 0.717) is 5.75 Å². The zero-order valence-corrected chi connectivity index (χ0v) is 15.4. The molecule has 5 heteroatoms. The lowest BCUT2D eigenvalue weighted by Crippen LogP contribution is -2.00. The van der Waals surface area contributed by atoms with Crippen LogP contribution >= 0.6 is 11.3 Å². The van der Waals surface area contributed by atoms with Gasteiger partial charge in [-0.3, -0.25) is 4.79 Å². The molecule has 0 aliphatic carbocycles. The third-order valence-electron chi connectivity index (χ3n) is 4.03. The van der Waals surface area contributed by atoms with Gasteiger partial charge in [-0.2, -0.15) is 0 Å². The van der Waals surface area contributed by atoms with Crippen molar-refractivity contribution in [3.05, 3.63) is 41.4 Å². The first-order valence-corrected chi connectivity index (χ1v) is 9.52. The normalized spacial score (nSPS) is 11.0. The molecule has 3 aromatic rings. The van der Waals surface area contributed by atoms with Crippen LogP contribution in [0.3, 0.4) is 0 Å². The lowest BCUT2D eigenvalue weighted by Gasteiger charge is -2.04. The number of fused-ring (bicyclic) bond motifs is 1. The molecule has 25 heavy (non-hydrogen) atoms. The predicted molar refractivity (Wildman–Crippen MR) is 102 cm³/mol. The first kappa shape index (κ1) is 17.5. The van der Waals surface area contributed by atoms with Crippen LogP contribution in [0.5, 0.6) is 5.75 Å². The number of benzene rings is 2. The lowest BCUT2D eigenvalue weighted by atomic mass is 10.1. The van der Waals surface area contributed by atoms with Gasteiger partial charge in [-0.15, -0.1) is 10.2 Å². The first-order valence-electron chi connectivity index (χ1n) is 8.70. The predicted octanol–water partition coefficient (Wildman–Crippen LogP) is 5.41. The molecule has 0 saturated carbocycles. The van der Waals surface area contributed by atoms with Gasteiger partial charge in [-0.25, -0.2) is 0 Å². The van der Waals surface area contributed by atoms with Crippen molar-refractivity contribution in [1.29, 1.82) is 0 Å². The van der Waals surface area contributed by atoms with Crippen LogP contribution in [0.25, 0.3) is 21.3 Å². The molecule has 0 aliphatic rings. The molecule has 1 aromatic heterocycles. The maximum Gasteiger partial charge on any atom is 0.308 e. The summed E-state index contributed by atoms with van der Waals surface area (Å²) in [5, 5.41) is 12.9. The van der Waals surface area contributed by atoms with Crippen molar-refractivity contribution in [1.82, 2.24) is 10.2 Å². The minimum absolute atomic E-state index is 0.309. The van der Waals surface area contributed by atoms with Crippen molar-refractivity contribution < 1.29 is 9.53 Å². The van der Waals surface area contributed by atoms with Crippen LogP contribution in [0.1, 0.15) is 44.5 Å². The van der Waals surface area contributed by atoms with E-state index in [1.54, 1.807) is 11.3 Å². The Kier molecular flexibility index (Phi) is 5.76. The number of aromatic nitrogens is 2. The summed E-state index contributed by atoms with van der Waals surface area (Å²) >= 11 is 1.67. The third-order valence-corrected chi connectivity index (χ3v) is 5.06. The van der Waals surface area contributed by atoms with Crippen molar-refractivity contribution in [3.8, 4) is 16.3 Å². The Labute approximate surface area is 151 Å². The van der Waals surface area contributed by atoms with Crippen LogP contribution in [0.2, 0.25) is 0 Å². The van der Waals surface area contributed by atoms with Gasteiger partial charge in [0.25, 0.3) is 0 Å². The van der Waals surface area contributed by atoms with E-state index in [1.165, 1.54) is 32.6 Å². The number of carbonyl (C=O) groups excluding carboxylic acids is 1. The van der Waals surface area contributed by atoms with Crippen molar-refractivity contribution in [2.75, 3.05) is 0 Å². The minimum Gasteiger partial charge on any atom is -0.427 e. The van der Waals surface area contributed by atoms with Gasteiger partial charge in [-0.05, 0) is 35.4 Å². The number of nitrogens with zero attached hydrogens (tertiary/aromatic N) is 2. The van der Waals surface area contributed by atoms with E-state index in [4.69, 9.17) is 4.74 Å². The maximum absolute atomic E-state index is 11.1. The van der Waals surface area contributed by atoms with Crippen molar-refractivity contribution in [2.24, 2.45) is 0 Å². The van der Waals surface area contributed by atoms with E-state index in [2.05, 4.69) is 23.2 Å². The summed E-state index contributed by atoms with van der Waals surface area (Å²) in [5.41, 5.74) is 1.07. The number of hydrogen-bond donors (Lipinski definition) is 0. The number of esters is 1. The molecule has 0 atom stereocenters. The number of unbranched alkanes of at least 4 members (excludes halogenated alkanes) is 3. The SMILES string of the molecule is CCCCCCc1nnc(-c2ccc3cc(OC(C)=O)ccc3c2)s1. The molecule has 1 heterocycles. The Bertz CT molecular complexity index is 873. The Morgan fingerprint density at radius 1 is 1.04 bits per heavy atom. The van der Waals surface area contributed by atoms with Crippen molar-refractivity contribution in [3.63, 3.8) is 0 Å². The topological polar surface area (TPSA) is 52.1 Å².